The van der Waals surface area contributed by atoms with Crippen molar-refractivity contribution in [3.63, 3.8) is 0 Å². The fourth-order valence-electron chi connectivity index (χ4n) is 4.75. The first-order chi connectivity index (χ1) is 9.01. The summed E-state index contributed by atoms with van der Waals surface area (Å²) in [6.07, 6.45) is 4.52. The summed E-state index contributed by atoms with van der Waals surface area (Å²) in [5, 5.41) is 10.7. The van der Waals surface area contributed by atoms with Crippen molar-refractivity contribution in [3.8, 4) is 0 Å². The first-order valence-electron chi connectivity index (χ1n) is 7.34. The van der Waals surface area contributed by atoms with Crippen LogP contribution in [0, 0.1) is 5.92 Å². The van der Waals surface area contributed by atoms with Gasteiger partial charge >= 0.3 is 6.16 Å². The van der Waals surface area contributed by atoms with E-state index in [1.54, 1.807) is 0 Å². The highest BCUT2D eigenvalue weighted by atomic mass is 127. The molecule has 5 heteroatoms. The van der Waals surface area contributed by atoms with Crippen molar-refractivity contribution in [2.24, 2.45) is 5.92 Å². The first-order valence-corrected chi connectivity index (χ1v) is 8.42. The van der Waals surface area contributed by atoms with Gasteiger partial charge in [-0.3, -0.25) is 0 Å². The molecule has 4 atom stereocenters. The highest BCUT2D eigenvalue weighted by Gasteiger charge is 2.64. The maximum absolute atomic E-state index is 12.0. The molecule has 0 saturated heterocycles. The van der Waals surface area contributed by atoms with Gasteiger partial charge in [0.1, 0.15) is 11.2 Å². The minimum Gasteiger partial charge on any atom is -0.429 e. The minimum absolute atomic E-state index is 0.0773. The highest BCUT2D eigenvalue weighted by Crippen LogP contribution is 2.63. The fraction of sp³-hybridized carbons (Fsp3) is 0.933. The zero-order chi connectivity index (χ0) is 14.8. The second kappa shape index (κ2) is 4.24. The molecule has 4 aliphatic rings. The number of ether oxygens (including phenoxy) is 2. The number of carbonyl (C=O) groups excluding carboxylic acids is 1. The van der Waals surface area contributed by atoms with Crippen molar-refractivity contribution in [1.29, 1.82) is 0 Å². The normalized spacial score (nSPS) is 46.4. The molecule has 0 spiro atoms. The van der Waals surface area contributed by atoms with Crippen LogP contribution in [0.3, 0.4) is 0 Å². The maximum atomic E-state index is 12.0. The Morgan fingerprint density at radius 3 is 2.45 bits per heavy atom. The van der Waals surface area contributed by atoms with E-state index in [0.29, 0.717) is 12.3 Å². The van der Waals surface area contributed by atoms with E-state index in [1.165, 1.54) is 0 Å². The van der Waals surface area contributed by atoms with Crippen molar-refractivity contribution >= 4 is 28.7 Å². The summed E-state index contributed by atoms with van der Waals surface area (Å²) in [5.74, 6) is 0.468. The van der Waals surface area contributed by atoms with E-state index in [9.17, 15) is 9.90 Å². The van der Waals surface area contributed by atoms with E-state index in [-0.39, 0.29) is 3.42 Å². The molecule has 4 saturated carbocycles. The first kappa shape index (κ1) is 14.9. The molecule has 0 aromatic carbocycles. The van der Waals surface area contributed by atoms with Gasteiger partial charge in [0, 0.05) is 16.3 Å². The van der Waals surface area contributed by atoms with Gasteiger partial charge in [-0.15, -0.1) is 0 Å². The molecule has 4 unspecified atom stereocenters. The topological polar surface area (TPSA) is 55.8 Å². The molecule has 4 nitrogen and oxygen atoms in total. The number of rotatable bonds is 1. The summed E-state index contributed by atoms with van der Waals surface area (Å²) in [5.41, 5.74) is -1.71. The van der Waals surface area contributed by atoms with Crippen LogP contribution in [-0.4, -0.2) is 31.5 Å². The Morgan fingerprint density at radius 2 is 1.90 bits per heavy atom. The maximum Gasteiger partial charge on any atom is 0.509 e. The van der Waals surface area contributed by atoms with Crippen molar-refractivity contribution < 1.29 is 19.4 Å². The third-order valence-corrected chi connectivity index (χ3v) is 5.81. The standard InChI is InChI=1S/C15H23IO4/c1-12(2,3)19-11(17)20-15-6-10-4-13(16,8-15)7-14(18,5-10)9-15/h10,18H,4-9H2,1-3H3. The van der Waals surface area contributed by atoms with Crippen molar-refractivity contribution in [2.45, 2.75) is 79.5 Å². The molecule has 4 bridgehead atoms. The molecular weight excluding hydrogens is 371 g/mol. The number of hydrogen-bond donors (Lipinski definition) is 1. The van der Waals surface area contributed by atoms with E-state index < -0.39 is 23.0 Å². The molecule has 1 N–H and O–H groups in total. The van der Waals surface area contributed by atoms with Crippen molar-refractivity contribution in [3.05, 3.63) is 0 Å². The van der Waals surface area contributed by atoms with Crippen LogP contribution in [0.2, 0.25) is 0 Å². The lowest BCUT2D eigenvalue weighted by atomic mass is 9.52. The molecular formula is C15H23IO4. The molecule has 4 rings (SSSR count). The highest BCUT2D eigenvalue weighted by molar-refractivity contribution is 14.1. The molecule has 0 amide bonds. The molecule has 20 heavy (non-hydrogen) atoms. The summed E-state index contributed by atoms with van der Waals surface area (Å²) in [6.45, 7) is 5.50. The van der Waals surface area contributed by atoms with E-state index >= 15 is 0 Å². The SMILES string of the molecule is CC(C)(C)OC(=O)OC12CC3CC(O)(CC(I)(C3)C1)C2. The predicted octanol–water partition coefficient (Wildman–Crippen LogP) is 3.58. The summed E-state index contributed by atoms with van der Waals surface area (Å²) in [6, 6.07) is 0. The molecule has 4 fully saturated rings. The molecule has 0 aromatic rings. The summed E-state index contributed by atoms with van der Waals surface area (Å²) in [4.78, 5) is 12.0. The molecule has 114 valence electrons. The van der Waals surface area contributed by atoms with Gasteiger partial charge in [0.15, 0.2) is 0 Å². The van der Waals surface area contributed by atoms with Crippen LogP contribution < -0.4 is 0 Å². The van der Waals surface area contributed by atoms with Gasteiger partial charge in [0.2, 0.25) is 0 Å². The van der Waals surface area contributed by atoms with Crippen molar-refractivity contribution in [1.82, 2.24) is 0 Å². The largest absolute Gasteiger partial charge is 0.509 e. The Balaban J connectivity index is 1.77. The van der Waals surface area contributed by atoms with Crippen LogP contribution in [0.4, 0.5) is 4.79 Å². The van der Waals surface area contributed by atoms with Gasteiger partial charge in [-0.25, -0.2) is 4.79 Å². The monoisotopic (exact) mass is 394 g/mol. The van der Waals surface area contributed by atoms with Gasteiger partial charge in [0.25, 0.3) is 0 Å². The van der Waals surface area contributed by atoms with E-state index in [2.05, 4.69) is 22.6 Å². The fourth-order valence-corrected chi connectivity index (χ4v) is 6.77. The third-order valence-electron chi connectivity index (χ3n) is 4.61. The number of aliphatic hydroxyl groups is 1. The number of carbonyl (C=O) groups is 1. The van der Waals surface area contributed by atoms with E-state index in [4.69, 9.17) is 9.47 Å². The number of hydrogen-bond acceptors (Lipinski definition) is 4. The second-order valence-electron chi connectivity index (χ2n) is 8.13. The van der Waals surface area contributed by atoms with Crippen LogP contribution in [0.1, 0.15) is 59.3 Å². The predicted molar refractivity (Wildman–Crippen MR) is 82.9 cm³/mol. The zero-order valence-corrected chi connectivity index (χ0v) is 14.5. The summed E-state index contributed by atoms with van der Waals surface area (Å²) < 4.78 is 11.1. The van der Waals surface area contributed by atoms with Crippen LogP contribution in [0.15, 0.2) is 0 Å². The lowest BCUT2D eigenvalue weighted by Crippen LogP contribution is -2.65. The average Bonchev–Trinajstić information content (AvgIpc) is 2.04. The third kappa shape index (κ3) is 2.80. The second-order valence-corrected chi connectivity index (χ2v) is 10.4. The van der Waals surface area contributed by atoms with Crippen LogP contribution in [0.5, 0.6) is 0 Å². The Morgan fingerprint density at radius 1 is 1.20 bits per heavy atom. The Bertz CT molecular complexity index is 424. The number of alkyl halides is 1. The Kier molecular flexibility index (Phi) is 3.16. The molecule has 0 aromatic heterocycles. The van der Waals surface area contributed by atoms with Crippen LogP contribution >= 0.6 is 22.6 Å². The minimum atomic E-state index is -0.650. The molecule has 0 heterocycles. The van der Waals surface area contributed by atoms with Crippen LogP contribution in [-0.2, 0) is 9.47 Å². The lowest BCUT2D eigenvalue weighted by Gasteiger charge is -2.62. The Hall–Kier alpha value is -0.0400. The zero-order valence-electron chi connectivity index (χ0n) is 12.4. The molecule has 0 aliphatic heterocycles. The van der Waals surface area contributed by atoms with Crippen LogP contribution in [0.25, 0.3) is 0 Å². The molecule has 4 aliphatic carbocycles. The molecule has 0 radical (unpaired) electrons. The van der Waals surface area contributed by atoms with Gasteiger partial charge in [-0.1, -0.05) is 22.6 Å². The van der Waals surface area contributed by atoms with Gasteiger partial charge < -0.3 is 14.6 Å². The average molecular weight is 394 g/mol. The number of halogens is 1. The quantitative estimate of drug-likeness (QED) is 0.420. The van der Waals surface area contributed by atoms with E-state index in [0.717, 1.165) is 32.1 Å². The Labute approximate surface area is 133 Å². The van der Waals surface area contributed by atoms with Gasteiger partial charge in [0.05, 0.1) is 5.60 Å². The summed E-state index contributed by atoms with van der Waals surface area (Å²) >= 11 is 2.47. The van der Waals surface area contributed by atoms with Crippen molar-refractivity contribution in [2.75, 3.05) is 0 Å². The lowest BCUT2D eigenvalue weighted by molar-refractivity contribution is -0.197. The van der Waals surface area contributed by atoms with Gasteiger partial charge in [-0.05, 0) is 52.4 Å². The van der Waals surface area contributed by atoms with E-state index in [1.807, 2.05) is 20.8 Å². The van der Waals surface area contributed by atoms with Gasteiger partial charge in [-0.2, -0.15) is 0 Å². The summed E-state index contributed by atoms with van der Waals surface area (Å²) in [7, 11) is 0. The smallest absolute Gasteiger partial charge is 0.429 e.